The Morgan fingerprint density at radius 3 is 2.89 bits per heavy atom. The quantitative estimate of drug-likeness (QED) is 0.576. The Kier molecular flexibility index (Phi) is 4.85. The Morgan fingerprint density at radius 1 is 1.78 bits per heavy atom. The molecular formula is C7H11NO. The highest BCUT2D eigenvalue weighted by atomic mass is 16.3. The number of hydrogen-bond acceptors (Lipinski definition) is 2. The summed E-state index contributed by atoms with van der Waals surface area (Å²) in [6, 6.07) is 1.88. The first-order valence-electron chi connectivity index (χ1n) is 3.00. The minimum absolute atomic E-state index is 0.256. The summed E-state index contributed by atoms with van der Waals surface area (Å²) in [6.07, 6.45) is 4.45. The zero-order chi connectivity index (χ0) is 7.11. The molecule has 0 saturated heterocycles. The Hall–Kier alpha value is -0.810. The molecule has 0 aromatic carbocycles. The number of aliphatic hydroxyl groups excluding tert-OH is 1. The van der Waals surface area contributed by atoms with Crippen molar-refractivity contribution in [1.82, 2.24) is 0 Å². The molecule has 0 heterocycles. The fraction of sp³-hybridized carbons (Fsp3) is 0.571. The van der Waals surface area contributed by atoms with Crippen molar-refractivity contribution in [2.24, 2.45) is 0 Å². The number of aliphatic hydroxyl groups is 1. The van der Waals surface area contributed by atoms with Crippen molar-refractivity contribution in [2.45, 2.75) is 25.9 Å². The number of hydrogen-bond donors (Lipinski definition) is 1. The van der Waals surface area contributed by atoms with E-state index in [2.05, 4.69) is 0 Å². The first kappa shape index (κ1) is 8.19. The zero-order valence-electron chi connectivity index (χ0n) is 5.54. The first-order valence-corrected chi connectivity index (χ1v) is 3.00. The molecule has 0 amide bonds. The van der Waals surface area contributed by atoms with Crippen LogP contribution in [-0.4, -0.2) is 11.2 Å². The lowest BCUT2D eigenvalue weighted by Crippen LogP contribution is -1.96. The lowest BCUT2D eigenvalue weighted by molar-refractivity contribution is 0.186. The van der Waals surface area contributed by atoms with Crippen molar-refractivity contribution < 1.29 is 5.11 Å². The van der Waals surface area contributed by atoms with Gasteiger partial charge in [0.25, 0.3) is 0 Å². The van der Waals surface area contributed by atoms with E-state index in [1.165, 1.54) is 6.08 Å². The maximum Gasteiger partial charge on any atom is 0.0908 e. The Labute approximate surface area is 55.4 Å². The molecule has 0 aliphatic rings. The molecule has 0 aromatic heterocycles. The lowest BCUT2D eigenvalue weighted by atomic mass is 10.2. The summed E-state index contributed by atoms with van der Waals surface area (Å²) in [6.45, 7) is 1.74. The summed E-state index contributed by atoms with van der Waals surface area (Å²) in [7, 11) is 0. The summed E-state index contributed by atoms with van der Waals surface area (Å²) >= 11 is 0. The molecule has 0 aliphatic heterocycles. The fourth-order valence-corrected chi connectivity index (χ4v) is 0.473. The van der Waals surface area contributed by atoms with E-state index in [0.717, 1.165) is 12.8 Å². The minimum Gasteiger partial charge on any atom is -0.393 e. The van der Waals surface area contributed by atoms with Crippen LogP contribution in [0.1, 0.15) is 19.8 Å². The van der Waals surface area contributed by atoms with Crippen LogP contribution in [0.15, 0.2) is 12.2 Å². The summed E-state index contributed by atoms with van der Waals surface area (Å²) in [5.41, 5.74) is 0. The van der Waals surface area contributed by atoms with Crippen LogP contribution >= 0.6 is 0 Å². The van der Waals surface area contributed by atoms with Gasteiger partial charge in [-0.2, -0.15) is 5.26 Å². The van der Waals surface area contributed by atoms with E-state index in [-0.39, 0.29) is 6.10 Å². The molecule has 1 atom stereocenters. The van der Waals surface area contributed by atoms with Crippen LogP contribution in [0.25, 0.3) is 0 Å². The fourth-order valence-electron chi connectivity index (χ4n) is 0.473. The van der Waals surface area contributed by atoms with E-state index in [0.29, 0.717) is 0 Å². The molecule has 0 aromatic rings. The van der Waals surface area contributed by atoms with Crippen LogP contribution in [0.5, 0.6) is 0 Å². The van der Waals surface area contributed by atoms with E-state index in [1.54, 1.807) is 13.0 Å². The summed E-state index contributed by atoms with van der Waals surface area (Å²) in [4.78, 5) is 0. The molecule has 9 heavy (non-hydrogen) atoms. The second-order valence-electron chi connectivity index (χ2n) is 1.96. The molecule has 2 nitrogen and oxygen atoms in total. The van der Waals surface area contributed by atoms with E-state index in [1.807, 2.05) is 6.07 Å². The molecular weight excluding hydrogens is 114 g/mol. The zero-order valence-corrected chi connectivity index (χ0v) is 5.54. The molecule has 0 rings (SSSR count). The number of rotatable bonds is 3. The van der Waals surface area contributed by atoms with Crippen molar-refractivity contribution in [2.75, 3.05) is 0 Å². The summed E-state index contributed by atoms with van der Waals surface area (Å²) in [5, 5.41) is 16.8. The Balaban J connectivity index is 3.12. The molecule has 50 valence electrons. The van der Waals surface area contributed by atoms with Crippen LogP contribution in [0.4, 0.5) is 0 Å². The highest BCUT2D eigenvalue weighted by molar-refractivity contribution is 5.01. The molecule has 0 fully saturated rings. The summed E-state index contributed by atoms with van der Waals surface area (Å²) in [5.74, 6) is 0. The van der Waals surface area contributed by atoms with Crippen LogP contribution in [0, 0.1) is 11.3 Å². The molecule has 0 saturated carbocycles. The Bertz CT molecular complexity index is 121. The SMILES string of the molecule is C[C@H](O)CC/C=C/C#N. The van der Waals surface area contributed by atoms with Gasteiger partial charge in [0.2, 0.25) is 0 Å². The molecule has 0 aliphatic carbocycles. The minimum atomic E-state index is -0.256. The average Bonchev–Trinajstić information content (AvgIpc) is 1.80. The van der Waals surface area contributed by atoms with Crippen molar-refractivity contribution in [3.63, 3.8) is 0 Å². The third-order valence-corrected chi connectivity index (χ3v) is 0.943. The lowest BCUT2D eigenvalue weighted by Gasteiger charge is -1.96. The standard InChI is InChI=1S/C7H11NO/c1-7(9)5-3-2-4-6-8/h2,4,7,9H,3,5H2,1H3/b4-2+/t7-/m0/s1. The molecule has 0 spiro atoms. The smallest absolute Gasteiger partial charge is 0.0908 e. The van der Waals surface area contributed by atoms with E-state index >= 15 is 0 Å². The molecule has 0 bridgehead atoms. The van der Waals surface area contributed by atoms with Gasteiger partial charge >= 0.3 is 0 Å². The van der Waals surface area contributed by atoms with Crippen LogP contribution in [-0.2, 0) is 0 Å². The summed E-state index contributed by atoms with van der Waals surface area (Å²) < 4.78 is 0. The topological polar surface area (TPSA) is 44.0 Å². The second kappa shape index (κ2) is 5.33. The van der Waals surface area contributed by atoms with Crippen LogP contribution in [0.3, 0.4) is 0 Å². The van der Waals surface area contributed by atoms with Crippen molar-refractivity contribution in [3.05, 3.63) is 12.2 Å². The van der Waals surface area contributed by atoms with Gasteiger partial charge < -0.3 is 5.11 Å². The molecule has 1 N–H and O–H groups in total. The predicted molar refractivity (Wildman–Crippen MR) is 35.7 cm³/mol. The molecule has 2 heteroatoms. The highest BCUT2D eigenvalue weighted by Gasteiger charge is 1.89. The van der Waals surface area contributed by atoms with Crippen LogP contribution in [0.2, 0.25) is 0 Å². The highest BCUT2D eigenvalue weighted by Crippen LogP contribution is 1.95. The molecule has 0 unspecified atom stereocenters. The van der Waals surface area contributed by atoms with Crippen LogP contribution < -0.4 is 0 Å². The number of allylic oxidation sites excluding steroid dienone is 2. The second-order valence-corrected chi connectivity index (χ2v) is 1.96. The van der Waals surface area contributed by atoms with E-state index < -0.39 is 0 Å². The van der Waals surface area contributed by atoms with Gasteiger partial charge in [-0.25, -0.2) is 0 Å². The van der Waals surface area contributed by atoms with E-state index in [9.17, 15) is 0 Å². The van der Waals surface area contributed by atoms with Gasteiger partial charge in [0, 0.05) is 6.08 Å². The van der Waals surface area contributed by atoms with Gasteiger partial charge in [-0.3, -0.25) is 0 Å². The predicted octanol–water partition coefficient (Wildman–Crippen LogP) is 1.23. The van der Waals surface area contributed by atoms with Gasteiger partial charge in [0.05, 0.1) is 12.2 Å². The number of nitrogens with zero attached hydrogens (tertiary/aromatic N) is 1. The van der Waals surface area contributed by atoms with Crippen molar-refractivity contribution >= 4 is 0 Å². The maximum atomic E-state index is 8.73. The molecule has 0 radical (unpaired) electrons. The maximum absolute atomic E-state index is 8.73. The van der Waals surface area contributed by atoms with Gasteiger partial charge in [-0.1, -0.05) is 6.08 Å². The van der Waals surface area contributed by atoms with Gasteiger partial charge in [-0.05, 0) is 19.8 Å². The van der Waals surface area contributed by atoms with Crippen molar-refractivity contribution in [3.8, 4) is 6.07 Å². The average molecular weight is 125 g/mol. The number of nitriles is 1. The third kappa shape index (κ3) is 7.19. The van der Waals surface area contributed by atoms with Crippen molar-refractivity contribution in [1.29, 1.82) is 5.26 Å². The van der Waals surface area contributed by atoms with Gasteiger partial charge in [0.15, 0.2) is 0 Å². The van der Waals surface area contributed by atoms with Gasteiger partial charge in [0.1, 0.15) is 0 Å². The van der Waals surface area contributed by atoms with E-state index in [4.69, 9.17) is 10.4 Å². The third-order valence-electron chi connectivity index (χ3n) is 0.943. The largest absolute Gasteiger partial charge is 0.393 e. The Morgan fingerprint density at radius 2 is 2.44 bits per heavy atom. The normalized spacial score (nSPS) is 13.4. The monoisotopic (exact) mass is 125 g/mol. The van der Waals surface area contributed by atoms with Gasteiger partial charge in [-0.15, -0.1) is 0 Å². The first-order chi connectivity index (χ1) is 4.27.